The predicted molar refractivity (Wildman–Crippen MR) is 303 cm³/mol. The molecule has 71 heavy (non-hydrogen) atoms. The Balaban J connectivity index is 3.79. The largest absolute Gasteiger partial charge is 0.472 e. The molecule has 3 N–H and O–H groups in total. The number of allylic oxidation sites excluding steroid dienone is 4. The molecule has 0 aromatic heterocycles. The summed E-state index contributed by atoms with van der Waals surface area (Å²) >= 11 is 0. The van der Waals surface area contributed by atoms with Crippen LogP contribution in [0.5, 0.6) is 0 Å². The van der Waals surface area contributed by atoms with Crippen molar-refractivity contribution < 1.29 is 37.6 Å². The van der Waals surface area contributed by atoms with E-state index >= 15 is 0 Å². The second kappa shape index (κ2) is 57.8. The summed E-state index contributed by atoms with van der Waals surface area (Å²) in [5.74, 6) is -0.807. The lowest BCUT2D eigenvalue weighted by atomic mass is 10.0. The quantitative estimate of drug-likeness (QED) is 0.0264. The smallest absolute Gasteiger partial charge is 0.462 e. The number of ether oxygens (including phenoxy) is 2. The van der Waals surface area contributed by atoms with Crippen molar-refractivity contribution in [3.8, 4) is 0 Å². The highest BCUT2D eigenvalue weighted by Crippen LogP contribution is 2.43. The number of phosphoric ester groups is 1. The highest BCUT2D eigenvalue weighted by Gasteiger charge is 2.26. The Hall–Kier alpha value is -1.51. The van der Waals surface area contributed by atoms with Crippen molar-refractivity contribution in [3.05, 3.63) is 24.3 Å². The van der Waals surface area contributed by atoms with E-state index in [9.17, 15) is 19.0 Å². The number of carbonyl (C=O) groups excluding carboxylic acids is 2. The van der Waals surface area contributed by atoms with Crippen molar-refractivity contribution in [1.29, 1.82) is 0 Å². The van der Waals surface area contributed by atoms with Crippen molar-refractivity contribution >= 4 is 19.8 Å². The third-order valence-electron chi connectivity index (χ3n) is 13.8. The fourth-order valence-electron chi connectivity index (χ4n) is 9.26. The van der Waals surface area contributed by atoms with Gasteiger partial charge in [0.15, 0.2) is 6.10 Å². The molecule has 0 aliphatic heterocycles. The molecule has 9 nitrogen and oxygen atoms in total. The molecule has 0 aromatic carbocycles. The number of unbranched alkanes of at least 4 members (excludes halogenated alkanes) is 42. The molecule has 10 heteroatoms. The second-order valence-corrected chi connectivity index (χ2v) is 22.4. The lowest BCUT2D eigenvalue weighted by Crippen LogP contribution is -2.29. The number of nitrogens with two attached hydrogens (primary N) is 1. The number of hydrogen-bond donors (Lipinski definition) is 2. The number of carbonyl (C=O) groups is 2. The maximum Gasteiger partial charge on any atom is 0.472 e. The van der Waals surface area contributed by atoms with Gasteiger partial charge in [-0.25, -0.2) is 4.57 Å². The third kappa shape index (κ3) is 57.6. The van der Waals surface area contributed by atoms with E-state index in [4.69, 9.17) is 24.3 Å². The van der Waals surface area contributed by atoms with Crippen LogP contribution in [0.1, 0.15) is 322 Å². The van der Waals surface area contributed by atoms with Crippen LogP contribution in [-0.2, 0) is 32.7 Å². The van der Waals surface area contributed by atoms with Crippen LogP contribution in [0.2, 0.25) is 0 Å². The summed E-state index contributed by atoms with van der Waals surface area (Å²) in [6.07, 6.45) is 68.3. The van der Waals surface area contributed by atoms with Crippen molar-refractivity contribution in [2.45, 2.75) is 328 Å². The highest BCUT2D eigenvalue weighted by molar-refractivity contribution is 7.47. The molecule has 0 heterocycles. The molecule has 0 rings (SSSR count). The molecule has 0 saturated heterocycles. The van der Waals surface area contributed by atoms with Crippen molar-refractivity contribution in [2.24, 2.45) is 5.73 Å². The van der Waals surface area contributed by atoms with Crippen LogP contribution in [0, 0.1) is 0 Å². The SMILES string of the molecule is CCCCCCC/C=C\C/C=C\CCCCCCCCCCCCCCCCCCCCCCCCCC(=O)OC(COC(=O)CCCCCCCCCCCCCCCCC)COP(=O)(O)OCCN. The van der Waals surface area contributed by atoms with Gasteiger partial charge in [-0.3, -0.25) is 18.6 Å². The fraction of sp³-hybridized carbons (Fsp3) is 0.902. The minimum absolute atomic E-state index is 0.0571. The molecule has 0 amide bonds. The summed E-state index contributed by atoms with van der Waals surface area (Å²) in [5, 5.41) is 0. The van der Waals surface area contributed by atoms with E-state index in [2.05, 4.69) is 38.2 Å². The van der Waals surface area contributed by atoms with Crippen molar-refractivity contribution in [2.75, 3.05) is 26.4 Å². The Kier molecular flexibility index (Phi) is 56.5. The van der Waals surface area contributed by atoms with Gasteiger partial charge in [0.05, 0.1) is 13.2 Å². The lowest BCUT2D eigenvalue weighted by molar-refractivity contribution is -0.161. The van der Waals surface area contributed by atoms with E-state index in [0.29, 0.717) is 6.42 Å². The van der Waals surface area contributed by atoms with Crippen LogP contribution in [0.3, 0.4) is 0 Å². The van der Waals surface area contributed by atoms with Crippen LogP contribution in [0.4, 0.5) is 0 Å². The van der Waals surface area contributed by atoms with Crippen molar-refractivity contribution in [3.63, 3.8) is 0 Å². The van der Waals surface area contributed by atoms with E-state index in [-0.39, 0.29) is 38.6 Å². The number of esters is 2. The molecular formula is C61H118NO8P. The monoisotopic (exact) mass is 1020 g/mol. The van der Waals surface area contributed by atoms with E-state index in [1.807, 2.05) is 0 Å². The zero-order chi connectivity index (χ0) is 51.7. The Morgan fingerprint density at radius 3 is 1.07 bits per heavy atom. The molecule has 0 aliphatic carbocycles. The Bertz CT molecular complexity index is 1210. The molecule has 0 saturated carbocycles. The Morgan fingerprint density at radius 1 is 0.423 bits per heavy atom. The molecule has 0 aliphatic rings. The number of rotatable bonds is 59. The van der Waals surface area contributed by atoms with Gasteiger partial charge in [0.25, 0.3) is 0 Å². The van der Waals surface area contributed by atoms with Gasteiger partial charge in [-0.1, -0.05) is 289 Å². The Morgan fingerprint density at radius 2 is 0.732 bits per heavy atom. The third-order valence-corrected chi connectivity index (χ3v) is 14.8. The molecule has 0 radical (unpaired) electrons. The summed E-state index contributed by atoms with van der Waals surface area (Å²) in [6.45, 7) is 3.79. The van der Waals surface area contributed by atoms with Crippen LogP contribution < -0.4 is 5.73 Å². The zero-order valence-electron chi connectivity index (χ0n) is 47.0. The first kappa shape index (κ1) is 69.5. The molecule has 2 unspecified atom stereocenters. The molecule has 0 bridgehead atoms. The van der Waals surface area contributed by atoms with Gasteiger partial charge in [-0.15, -0.1) is 0 Å². The van der Waals surface area contributed by atoms with Gasteiger partial charge in [0, 0.05) is 19.4 Å². The minimum atomic E-state index is -4.38. The fourth-order valence-corrected chi connectivity index (χ4v) is 10.0. The summed E-state index contributed by atoms with van der Waals surface area (Å²) in [6, 6.07) is 0. The lowest BCUT2D eigenvalue weighted by Gasteiger charge is -2.19. The Labute approximate surface area is 440 Å². The molecular weight excluding hydrogens is 906 g/mol. The van der Waals surface area contributed by atoms with Crippen LogP contribution >= 0.6 is 7.82 Å². The van der Waals surface area contributed by atoms with Crippen LogP contribution in [0.15, 0.2) is 24.3 Å². The minimum Gasteiger partial charge on any atom is -0.462 e. The van der Waals surface area contributed by atoms with Crippen LogP contribution in [-0.4, -0.2) is 49.3 Å². The first-order valence-corrected chi connectivity index (χ1v) is 32.3. The number of hydrogen-bond acceptors (Lipinski definition) is 8. The van der Waals surface area contributed by atoms with Crippen LogP contribution in [0.25, 0.3) is 0 Å². The van der Waals surface area contributed by atoms with Crippen molar-refractivity contribution in [1.82, 2.24) is 0 Å². The average Bonchev–Trinajstić information content (AvgIpc) is 3.36. The van der Waals surface area contributed by atoms with Gasteiger partial charge < -0.3 is 20.1 Å². The van der Waals surface area contributed by atoms with Gasteiger partial charge >= 0.3 is 19.8 Å². The number of phosphoric acid groups is 1. The molecule has 0 aromatic rings. The summed E-state index contributed by atoms with van der Waals surface area (Å²) in [4.78, 5) is 35.1. The maximum atomic E-state index is 12.7. The van der Waals surface area contributed by atoms with E-state index < -0.39 is 26.5 Å². The van der Waals surface area contributed by atoms with E-state index in [0.717, 1.165) is 38.5 Å². The molecule has 0 fully saturated rings. The maximum absolute atomic E-state index is 12.7. The molecule has 0 spiro atoms. The summed E-state index contributed by atoms with van der Waals surface area (Å²) < 4.78 is 33.0. The second-order valence-electron chi connectivity index (χ2n) is 20.9. The van der Waals surface area contributed by atoms with Gasteiger partial charge in [-0.2, -0.15) is 0 Å². The first-order valence-electron chi connectivity index (χ1n) is 30.8. The molecule has 420 valence electrons. The van der Waals surface area contributed by atoms with Gasteiger partial charge in [0.2, 0.25) is 0 Å². The zero-order valence-corrected chi connectivity index (χ0v) is 47.9. The first-order chi connectivity index (χ1) is 34.8. The summed E-state index contributed by atoms with van der Waals surface area (Å²) in [5.41, 5.74) is 5.38. The van der Waals surface area contributed by atoms with Gasteiger partial charge in [-0.05, 0) is 44.9 Å². The topological polar surface area (TPSA) is 134 Å². The van der Waals surface area contributed by atoms with E-state index in [1.54, 1.807) is 0 Å². The highest BCUT2D eigenvalue weighted by atomic mass is 31.2. The predicted octanol–water partition coefficient (Wildman–Crippen LogP) is 19.4. The molecule has 2 atom stereocenters. The summed E-state index contributed by atoms with van der Waals surface area (Å²) in [7, 11) is -4.38. The van der Waals surface area contributed by atoms with Gasteiger partial charge in [0.1, 0.15) is 6.61 Å². The average molecular weight is 1020 g/mol. The normalized spacial score (nSPS) is 13.1. The van der Waals surface area contributed by atoms with E-state index in [1.165, 1.54) is 250 Å². The standard InChI is InChI=1S/C61H118NO8P/c1-3-5-7-9-11-13-15-17-19-20-21-22-23-24-25-26-27-28-29-30-31-32-33-34-35-36-37-38-40-42-44-46-48-50-52-54-61(64)70-59(58-69-71(65,66)68-56-55-62)57-67-60(63)53-51-49-47-45-43-41-39-18-16-14-12-10-8-6-4-2/h15,17,20-21,59H,3-14,16,18-19,22-58,62H2,1-2H3,(H,65,66)/b17-15-,21-20-.